The number of oxazole rings is 1. The number of nitrogens with zero attached hydrogens (tertiary/aromatic N) is 3. The summed E-state index contributed by atoms with van der Waals surface area (Å²) in [4.78, 5) is 11.3. The van der Waals surface area contributed by atoms with Crippen LogP contribution in [0, 0.1) is 6.92 Å². The van der Waals surface area contributed by atoms with Gasteiger partial charge in [0.1, 0.15) is 11.6 Å². The predicted molar refractivity (Wildman–Crippen MR) is 104 cm³/mol. The summed E-state index contributed by atoms with van der Waals surface area (Å²) in [6.07, 6.45) is 3.95. The molecule has 0 aliphatic heterocycles. The second-order valence-electron chi connectivity index (χ2n) is 5.14. The van der Waals surface area contributed by atoms with Crippen molar-refractivity contribution in [1.82, 2.24) is 20.2 Å². The second kappa shape index (κ2) is 7.38. The number of thiophene rings is 2. The van der Waals surface area contributed by atoms with Gasteiger partial charge in [0.2, 0.25) is 11.0 Å². The van der Waals surface area contributed by atoms with E-state index in [1.807, 2.05) is 48.0 Å². The average Bonchev–Trinajstić information content (AvgIpc) is 3.38. The molecule has 4 heterocycles. The molecule has 4 aromatic rings. The lowest BCUT2D eigenvalue weighted by Crippen LogP contribution is -1.85. The molecule has 0 saturated heterocycles. The van der Waals surface area contributed by atoms with Crippen molar-refractivity contribution in [3.63, 3.8) is 0 Å². The molecule has 0 atom stereocenters. The largest absolute Gasteiger partial charge is 0.440 e. The van der Waals surface area contributed by atoms with E-state index in [4.69, 9.17) is 4.42 Å². The summed E-state index contributed by atoms with van der Waals surface area (Å²) >= 11 is 4.85. The minimum absolute atomic E-state index is 0.673. The molecule has 0 amide bonds. The molecule has 0 unspecified atom stereocenters. The Morgan fingerprint density at radius 3 is 2.84 bits per heavy atom. The number of aromatic nitrogens is 4. The van der Waals surface area contributed by atoms with E-state index in [1.165, 1.54) is 16.6 Å². The predicted octanol–water partition coefficient (Wildman–Crippen LogP) is 5.35. The molecule has 0 aliphatic rings. The molecule has 25 heavy (non-hydrogen) atoms. The van der Waals surface area contributed by atoms with Gasteiger partial charge < -0.3 is 4.42 Å². The quantitative estimate of drug-likeness (QED) is 0.452. The van der Waals surface area contributed by atoms with Gasteiger partial charge in [-0.1, -0.05) is 23.9 Å². The van der Waals surface area contributed by atoms with Crippen LogP contribution < -0.4 is 0 Å². The fourth-order valence-corrected chi connectivity index (χ4v) is 4.22. The van der Waals surface area contributed by atoms with Crippen LogP contribution in [0.3, 0.4) is 0 Å². The first kappa shape index (κ1) is 16.3. The highest BCUT2D eigenvalue weighted by atomic mass is 32.2. The van der Waals surface area contributed by atoms with Crippen molar-refractivity contribution in [3.05, 3.63) is 57.2 Å². The molecule has 8 heteroatoms. The van der Waals surface area contributed by atoms with Crippen LogP contribution in [-0.4, -0.2) is 20.2 Å². The third kappa shape index (κ3) is 3.92. The molecule has 5 nitrogen and oxygen atoms in total. The fraction of sp³-hybridized carbons (Fsp3) is 0.118. The Bertz CT molecular complexity index is 968. The highest BCUT2D eigenvalue weighted by molar-refractivity contribution is 7.98. The standard InChI is InChI=1S/C17H14N4OS3/c1-11-13(18-16(22-11)14-5-3-9-24-14)10-25-17-19-15(20-21-17)7-6-12-4-2-8-23-12/h2-9H,10H2,1H3,(H,19,20,21)/b7-6+. The van der Waals surface area contributed by atoms with Gasteiger partial charge in [0.15, 0.2) is 0 Å². The maximum Gasteiger partial charge on any atom is 0.236 e. The van der Waals surface area contributed by atoms with Gasteiger partial charge in [0, 0.05) is 10.6 Å². The first-order chi connectivity index (χ1) is 12.3. The highest BCUT2D eigenvalue weighted by Crippen LogP contribution is 2.28. The van der Waals surface area contributed by atoms with Crippen LogP contribution in [0.2, 0.25) is 0 Å². The van der Waals surface area contributed by atoms with Crippen LogP contribution in [0.4, 0.5) is 0 Å². The molecule has 0 saturated carbocycles. The molecule has 0 fully saturated rings. The Hall–Kier alpha value is -2.16. The van der Waals surface area contributed by atoms with Gasteiger partial charge in [-0.25, -0.2) is 9.97 Å². The topological polar surface area (TPSA) is 67.6 Å². The number of aryl methyl sites for hydroxylation is 1. The summed E-state index contributed by atoms with van der Waals surface area (Å²) in [6, 6.07) is 8.09. The summed E-state index contributed by atoms with van der Waals surface area (Å²) in [5, 5.41) is 11.9. The number of hydrogen-bond donors (Lipinski definition) is 1. The molecule has 126 valence electrons. The molecular weight excluding hydrogens is 372 g/mol. The van der Waals surface area contributed by atoms with Gasteiger partial charge >= 0.3 is 0 Å². The molecule has 0 aliphatic carbocycles. The molecule has 0 spiro atoms. The summed E-state index contributed by atoms with van der Waals surface area (Å²) < 4.78 is 5.76. The number of hydrogen-bond acceptors (Lipinski definition) is 7. The van der Waals surface area contributed by atoms with Gasteiger partial charge in [-0.05, 0) is 42.0 Å². The van der Waals surface area contributed by atoms with E-state index in [2.05, 4.69) is 26.2 Å². The minimum Gasteiger partial charge on any atom is -0.440 e. The van der Waals surface area contributed by atoms with Crippen LogP contribution in [0.15, 0.2) is 44.6 Å². The number of rotatable bonds is 6. The molecule has 0 aromatic carbocycles. The number of thioether (sulfide) groups is 1. The second-order valence-corrected chi connectivity index (χ2v) is 8.01. The smallest absolute Gasteiger partial charge is 0.236 e. The summed E-state index contributed by atoms with van der Waals surface area (Å²) in [6.45, 7) is 1.94. The van der Waals surface area contributed by atoms with Crippen LogP contribution in [0.1, 0.15) is 22.2 Å². The van der Waals surface area contributed by atoms with Gasteiger partial charge in [-0.2, -0.15) is 0 Å². The summed E-state index contributed by atoms with van der Waals surface area (Å²) in [7, 11) is 0. The number of aromatic amines is 1. The van der Waals surface area contributed by atoms with Crippen molar-refractivity contribution in [2.75, 3.05) is 0 Å². The number of H-pyrrole nitrogens is 1. The lowest BCUT2D eigenvalue weighted by atomic mass is 10.4. The van der Waals surface area contributed by atoms with E-state index in [0.29, 0.717) is 16.8 Å². The van der Waals surface area contributed by atoms with E-state index < -0.39 is 0 Å². The molecule has 4 rings (SSSR count). The maximum absolute atomic E-state index is 5.76. The van der Waals surface area contributed by atoms with Crippen LogP contribution in [-0.2, 0) is 5.75 Å². The van der Waals surface area contributed by atoms with E-state index in [-0.39, 0.29) is 0 Å². The Kier molecular flexibility index (Phi) is 4.82. The monoisotopic (exact) mass is 386 g/mol. The third-order valence-electron chi connectivity index (χ3n) is 3.39. The van der Waals surface area contributed by atoms with Crippen LogP contribution in [0.5, 0.6) is 0 Å². The van der Waals surface area contributed by atoms with Crippen LogP contribution >= 0.6 is 34.4 Å². The third-order valence-corrected chi connectivity index (χ3v) is 5.95. The van der Waals surface area contributed by atoms with Gasteiger partial charge in [-0.15, -0.1) is 27.8 Å². The SMILES string of the molecule is Cc1oc(-c2cccs2)nc1CSc1n[nH]c(/C=C/c2cccs2)n1. The average molecular weight is 387 g/mol. The van der Waals surface area contributed by atoms with E-state index in [9.17, 15) is 0 Å². The zero-order valence-corrected chi connectivity index (χ0v) is 15.8. The lowest BCUT2D eigenvalue weighted by Gasteiger charge is -1.92. The zero-order valence-electron chi connectivity index (χ0n) is 13.3. The van der Waals surface area contributed by atoms with E-state index >= 15 is 0 Å². The van der Waals surface area contributed by atoms with Crippen molar-refractivity contribution < 1.29 is 4.42 Å². The normalized spacial score (nSPS) is 11.6. The molecule has 1 N–H and O–H groups in total. The van der Waals surface area contributed by atoms with Crippen molar-refractivity contribution in [2.24, 2.45) is 0 Å². The zero-order chi connectivity index (χ0) is 17.1. The highest BCUT2D eigenvalue weighted by Gasteiger charge is 2.13. The van der Waals surface area contributed by atoms with Crippen molar-refractivity contribution in [1.29, 1.82) is 0 Å². The van der Waals surface area contributed by atoms with Gasteiger partial charge in [0.05, 0.1) is 10.6 Å². The Balaban J connectivity index is 1.40. The van der Waals surface area contributed by atoms with Gasteiger partial charge in [-0.3, -0.25) is 5.10 Å². The number of nitrogens with one attached hydrogen (secondary N) is 1. The fourth-order valence-electron chi connectivity index (χ4n) is 2.14. The van der Waals surface area contributed by atoms with Crippen molar-refractivity contribution in [2.45, 2.75) is 17.8 Å². The van der Waals surface area contributed by atoms with E-state index in [0.717, 1.165) is 22.2 Å². The van der Waals surface area contributed by atoms with E-state index in [1.54, 1.807) is 22.7 Å². The Morgan fingerprint density at radius 2 is 2.04 bits per heavy atom. The minimum atomic E-state index is 0.673. The van der Waals surface area contributed by atoms with Crippen molar-refractivity contribution >= 4 is 46.6 Å². The Morgan fingerprint density at radius 1 is 1.16 bits per heavy atom. The Labute approximate surface area is 156 Å². The first-order valence-electron chi connectivity index (χ1n) is 7.55. The lowest BCUT2D eigenvalue weighted by molar-refractivity contribution is 0.542. The van der Waals surface area contributed by atoms with Gasteiger partial charge in [0.25, 0.3) is 0 Å². The first-order valence-corrected chi connectivity index (χ1v) is 10.3. The molecule has 0 bridgehead atoms. The summed E-state index contributed by atoms with van der Waals surface area (Å²) in [5.41, 5.74) is 0.925. The maximum atomic E-state index is 5.76. The molecule has 0 radical (unpaired) electrons. The van der Waals surface area contributed by atoms with Crippen LogP contribution in [0.25, 0.3) is 22.9 Å². The van der Waals surface area contributed by atoms with Crippen molar-refractivity contribution in [3.8, 4) is 10.8 Å². The molecular formula is C17H14N4OS3. The molecule has 4 aromatic heterocycles. The summed E-state index contributed by atoms with van der Waals surface area (Å²) in [5.74, 6) is 2.93.